The minimum absolute atomic E-state index is 0.0579. The largest absolute Gasteiger partial charge is 0.454 e. The van der Waals surface area contributed by atoms with Crippen molar-refractivity contribution < 1.29 is 19.1 Å². The molecule has 114 valence electrons. The van der Waals surface area contributed by atoms with E-state index in [4.69, 9.17) is 14.7 Å². The van der Waals surface area contributed by atoms with E-state index in [0.29, 0.717) is 17.1 Å². The molecule has 2 aromatic carbocycles. The van der Waals surface area contributed by atoms with Gasteiger partial charge < -0.3 is 14.8 Å². The van der Waals surface area contributed by atoms with Gasteiger partial charge in [-0.1, -0.05) is 18.2 Å². The number of imide groups is 1. The predicted molar refractivity (Wildman–Crippen MR) is 80.2 cm³/mol. The smallest absolute Gasteiger partial charge is 0.326 e. The highest BCUT2D eigenvalue weighted by Crippen LogP contribution is 2.36. The summed E-state index contributed by atoms with van der Waals surface area (Å²) in [5.41, 5.74) is 0.792. The van der Waals surface area contributed by atoms with Crippen LogP contribution in [-0.2, 0) is 0 Å². The van der Waals surface area contributed by atoms with Crippen LogP contribution in [0.2, 0.25) is 0 Å². The maximum atomic E-state index is 11.9. The molecule has 3 amide bonds. The number of anilines is 1. The lowest BCUT2D eigenvalue weighted by atomic mass is 10.1. The molecular weight excluding hydrogens is 298 g/mol. The van der Waals surface area contributed by atoms with Crippen LogP contribution in [0, 0.1) is 11.3 Å². The zero-order valence-corrected chi connectivity index (χ0v) is 11.8. The maximum absolute atomic E-state index is 11.9. The van der Waals surface area contributed by atoms with Crippen LogP contribution in [0.1, 0.15) is 15.9 Å². The third-order valence-corrected chi connectivity index (χ3v) is 3.14. The number of hydrogen-bond donors (Lipinski definition) is 2. The van der Waals surface area contributed by atoms with Crippen LogP contribution in [0.25, 0.3) is 0 Å². The van der Waals surface area contributed by atoms with Gasteiger partial charge in [0, 0.05) is 17.7 Å². The number of nitriles is 1. The van der Waals surface area contributed by atoms with Crippen molar-refractivity contribution >= 4 is 17.6 Å². The minimum Gasteiger partial charge on any atom is -0.454 e. The molecule has 0 aliphatic carbocycles. The van der Waals surface area contributed by atoms with Gasteiger partial charge in [0.15, 0.2) is 11.5 Å². The minimum atomic E-state index is -0.741. The molecule has 0 spiro atoms. The number of benzene rings is 2. The summed E-state index contributed by atoms with van der Waals surface area (Å²) in [5.74, 6) is 0.323. The van der Waals surface area contributed by atoms with Crippen LogP contribution < -0.4 is 20.1 Å². The molecule has 7 heteroatoms. The van der Waals surface area contributed by atoms with Gasteiger partial charge in [0.25, 0.3) is 5.91 Å². The number of rotatable bonds is 2. The lowest BCUT2D eigenvalue weighted by Gasteiger charge is -2.09. The van der Waals surface area contributed by atoms with Crippen molar-refractivity contribution in [2.75, 3.05) is 12.1 Å². The summed E-state index contributed by atoms with van der Waals surface area (Å²) >= 11 is 0. The number of ether oxygens (including phenoxy) is 2. The van der Waals surface area contributed by atoms with Gasteiger partial charge in [-0.2, -0.15) is 5.26 Å². The van der Waals surface area contributed by atoms with E-state index in [1.807, 2.05) is 6.07 Å². The van der Waals surface area contributed by atoms with Gasteiger partial charge in [0.05, 0.1) is 11.3 Å². The van der Waals surface area contributed by atoms with E-state index in [1.54, 1.807) is 30.3 Å². The Bertz CT molecular complexity index is 812. The van der Waals surface area contributed by atoms with Crippen molar-refractivity contribution in [1.29, 1.82) is 5.26 Å². The van der Waals surface area contributed by atoms with E-state index in [2.05, 4.69) is 10.6 Å². The fraction of sp³-hybridized carbons (Fsp3) is 0.0625. The van der Waals surface area contributed by atoms with Gasteiger partial charge in [-0.25, -0.2) is 4.79 Å². The van der Waals surface area contributed by atoms with Crippen LogP contribution in [0.3, 0.4) is 0 Å². The van der Waals surface area contributed by atoms with Gasteiger partial charge >= 0.3 is 6.03 Å². The van der Waals surface area contributed by atoms with Crippen LogP contribution >= 0.6 is 0 Å². The van der Waals surface area contributed by atoms with Crippen molar-refractivity contribution in [2.45, 2.75) is 0 Å². The monoisotopic (exact) mass is 309 g/mol. The number of fused-ring (bicyclic) bond motifs is 1. The first kappa shape index (κ1) is 14.4. The molecule has 0 saturated carbocycles. The Morgan fingerprint density at radius 3 is 2.48 bits per heavy atom. The second-order valence-electron chi connectivity index (χ2n) is 4.64. The maximum Gasteiger partial charge on any atom is 0.326 e. The molecule has 0 saturated heterocycles. The molecule has 0 radical (unpaired) electrons. The molecular formula is C16H11N3O4. The Kier molecular flexibility index (Phi) is 3.80. The van der Waals surface area contributed by atoms with Crippen molar-refractivity contribution in [3.05, 3.63) is 53.6 Å². The van der Waals surface area contributed by atoms with E-state index in [9.17, 15) is 9.59 Å². The van der Waals surface area contributed by atoms with Gasteiger partial charge in [-0.05, 0) is 12.1 Å². The van der Waals surface area contributed by atoms with Crippen molar-refractivity contribution in [3.63, 3.8) is 0 Å². The highest BCUT2D eigenvalue weighted by molar-refractivity contribution is 6.08. The molecule has 0 fully saturated rings. The van der Waals surface area contributed by atoms with Crippen molar-refractivity contribution in [3.8, 4) is 17.6 Å². The number of carbonyl (C=O) groups is 2. The summed E-state index contributed by atoms with van der Waals surface area (Å²) in [7, 11) is 0. The molecule has 2 N–H and O–H groups in total. The molecule has 0 unspecified atom stereocenters. The number of nitrogens with one attached hydrogen (secondary N) is 2. The van der Waals surface area contributed by atoms with E-state index < -0.39 is 11.9 Å². The molecule has 23 heavy (non-hydrogen) atoms. The number of urea groups is 1. The zero-order chi connectivity index (χ0) is 16.2. The first-order chi connectivity index (χ1) is 11.2. The average molecular weight is 309 g/mol. The Balaban J connectivity index is 1.73. The molecule has 1 aliphatic heterocycles. The zero-order valence-electron chi connectivity index (χ0n) is 11.8. The molecule has 0 atom stereocenters. The molecule has 0 bridgehead atoms. The molecule has 3 rings (SSSR count). The predicted octanol–water partition coefficient (Wildman–Crippen LogP) is 2.25. The highest BCUT2D eigenvalue weighted by Gasteiger charge is 2.19. The van der Waals surface area contributed by atoms with Gasteiger partial charge in [-0.3, -0.25) is 10.1 Å². The van der Waals surface area contributed by atoms with Crippen LogP contribution in [-0.4, -0.2) is 18.7 Å². The van der Waals surface area contributed by atoms with E-state index in [0.717, 1.165) is 0 Å². The van der Waals surface area contributed by atoms with E-state index in [1.165, 1.54) is 12.1 Å². The Morgan fingerprint density at radius 1 is 1.09 bits per heavy atom. The summed E-state index contributed by atoms with van der Waals surface area (Å²) in [4.78, 5) is 23.8. The molecule has 1 aliphatic rings. The fourth-order valence-corrected chi connectivity index (χ4v) is 2.06. The third kappa shape index (κ3) is 3.06. The SMILES string of the molecule is N#Cc1cc2c(cc1NC(=O)NC(=O)c1ccccc1)OCO2. The lowest BCUT2D eigenvalue weighted by Crippen LogP contribution is -2.34. The van der Waals surface area contributed by atoms with E-state index in [-0.39, 0.29) is 18.0 Å². The van der Waals surface area contributed by atoms with Crippen LogP contribution in [0.4, 0.5) is 10.5 Å². The number of carbonyl (C=O) groups excluding carboxylic acids is 2. The third-order valence-electron chi connectivity index (χ3n) is 3.14. The Labute approximate surface area is 131 Å². The summed E-state index contributed by atoms with van der Waals surface area (Å²) in [6, 6.07) is 12.5. The first-order valence-electron chi connectivity index (χ1n) is 6.68. The standard InChI is InChI=1S/C16H11N3O4/c17-8-11-6-13-14(23-9-22-13)7-12(11)18-16(21)19-15(20)10-4-2-1-3-5-10/h1-7H,9H2,(H2,18,19,20,21). The number of nitrogens with zero attached hydrogens (tertiary/aromatic N) is 1. The fourth-order valence-electron chi connectivity index (χ4n) is 2.06. The van der Waals surface area contributed by atoms with Gasteiger partial charge in [-0.15, -0.1) is 0 Å². The Hall–Kier alpha value is -3.53. The second-order valence-corrected chi connectivity index (χ2v) is 4.64. The van der Waals surface area contributed by atoms with Crippen molar-refractivity contribution in [1.82, 2.24) is 5.32 Å². The molecule has 7 nitrogen and oxygen atoms in total. The highest BCUT2D eigenvalue weighted by atomic mass is 16.7. The molecule has 2 aromatic rings. The van der Waals surface area contributed by atoms with Crippen LogP contribution in [0.5, 0.6) is 11.5 Å². The van der Waals surface area contributed by atoms with Crippen LogP contribution in [0.15, 0.2) is 42.5 Å². The number of hydrogen-bond acceptors (Lipinski definition) is 5. The average Bonchev–Trinajstić information content (AvgIpc) is 3.02. The summed E-state index contributed by atoms with van der Waals surface area (Å²) in [5, 5.41) is 13.8. The lowest BCUT2D eigenvalue weighted by molar-refractivity contribution is 0.0967. The summed E-state index contributed by atoms with van der Waals surface area (Å²) in [6.07, 6.45) is 0. The normalized spacial score (nSPS) is 11.4. The van der Waals surface area contributed by atoms with E-state index >= 15 is 0 Å². The molecule has 0 aromatic heterocycles. The van der Waals surface area contributed by atoms with Gasteiger partial charge in [0.1, 0.15) is 6.07 Å². The second kappa shape index (κ2) is 6.07. The first-order valence-corrected chi connectivity index (χ1v) is 6.68. The Morgan fingerprint density at radius 2 is 1.78 bits per heavy atom. The molecule has 1 heterocycles. The number of amides is 3. The quantitative estimate of drug-likeness (QED) is 0.886. The summed E-state index contributed by atoms with van der Waals surface area (Å²) < 4.78 is 10.4. The van der Waals surface area contributed by atoms with Crippen molar-refractivity contribution in [2.24, 2.45) is 0 Å². The summed E-state index contributed by atoms with van der Waals surface area (Å²) in [6.45, 7) is 0.0579. The van der Waals surface area contributed by atoms with Gasteiger partial charge in [0.2, 0.25) is 6.79 Å². The topological polar surface area (TPSA) is 100 Å².